The molecule has 7 heteroatoms. The van der Waals surface area contributed by atoms with Gasteiger partial charge in [0.1, 0.15) is 0 Å². The van der Waals surface area contributed by atoms with E-state index in [9.17, 15) is 13.2 Å². The molecule has 1 amide bonds. The van der Waals surface area contributed by atoms with Gasteiger partial charge < -0.3 is 5.73 Å². The summed E-state index contributed by atoms with van der Waals surface area (Å²) in [5.41, 5.74) is 5.47. The van der Waals surface area contributed by atoms with E-state index in [1.807, 2.05) is 19.9 Å². The maximum absolute atomic E-state index is 12.4. The Kier molecular flexibility index (Phi) is 5.25. The van der Waals surface area contributed by atoms with Gasteiger partial charge in [-0.3, -0.25) is 4.79 Å². The van der Waals surface area contributed by atoms with Gasteiger partial charge >= 0.3 is 0 Å². The Morgan fingerprint density at radius 3 is 2.30 bits per heavy atom. The van der Waals surface area contributed by atoms with E-state index in [1.54, 1.807) is 0 Å². The van der Waals surface area contributed by atoms with Crippen LogP contribution in [-0.2, 0) is 14.8 Å². The van der Waals surface area contributed by atoms with Crippen LogP contribution < -0.4 is 5.73 Å². The van der Waals surface area contributed by atoms with Gasteiger partial charge in [-0.2, -0.15) is 9.57 Å². The highest BCUT2D eigenvalue weighted by atomic mass is 32.2. The first-order valence-corrected chi connectivity index (χ1v) is 7.50. The summed E-state index contributed by atoms with van der Waals surface area (Å²) >= 11 is 0. The minimum Gasteiger partial charge on any atom is -0.369 e. The first-order valence-electron chi connectivity index (χ1n) is 6.06. The predicted molar refractivity (Wildman–Crippen MR) is 73.9 cm³/mol. The summed E-state index contributed by atoms with van der Waals surface area (Å²) in [6.45, 7) is 3.54. The summed E-state index contributed by atoms with van der Waals surface area (Å²) < 4.78 is 25.9. The Hall–Kier alpha value is -1.91. The second-order valence-electron chi connectivity index (χ2n) is 4.79. The van der Waals surface area contributed by atoms with Crippen molar-refractivity contribution in [3.8, 4) is 6.07 Å². The number of rotatable bonds is 6. The van der Waals surface area contributed by atoms with Gasteiger partial charge in [-0.05, 0) is 30.2 Å². The van der Waals surface area contributed by atoms with Gasteiger partial charge in [0.2, 0.25) is 15.9 Å². The number of nitrogens with two attached hydrogens (primary N) is 1. The molecule has 1 rings (SSSR count). The molecule has 0 aromatic heterocycles. The number of carbonyl (C=O) groups excluding carboxylic acids is 1. The van der Waals surface area contributed by atoms with Crippen LogP contribution in [0.3, 0.4) is 0 Å². The molecule has 108 valence electrons. The Balaban J connectivity index is 3.14. The van der Waals surface area contributed by atoms with Crippen LogP contribution in [0, 0.1) is 17.2 Å². The minimum atomic E-state index is -3.79. The zero-order chi connectivity index (χ0) is 15.3. The summed E-state index contributed by atoms with van der Waals surface area (Å²) in [5.74, 6) is -0.648. The van der Waals surface area contributed by atoms with Gasteiger partial charge in [0, 0.05) is 6.54 Å². The molecule has 0 saturated carbocycles. The van der Waals surface area contributed by atoms with Crippen LogP contribution in [0.5, 0.6) is 0 Å². The van der Waals surface area contributed by atoms with Crippen LogP contribution >= 0.6 is 0 Å². The first kappa shape index (κ1) is 16.1. The highest BCUT2D eigenvalue weighted by Crippen LogP contribution is 2.17. The van der Waals surface area contributed by atoms with Crippen LogP contribution in [0.2, 0.25) is 0 Å². The molecule has 0 aliphatic rings. The average Bonchev–Trinajstić information content (AvgIpc) is 2.37. The van der Waals surface area contributed by atoms with E-state index in [4.69, 9.17) is 11.0 Å². The molecule has 0 unspecified atom stereocenters. The van der Waals surface area contributed by atoms with Crippen LogP contribution in [-0.4, -0.2) is 31.7 Å². The number of nitriles is 1. The lowest BCUT2D eigenvalue weighted by Crippen LogP contribution is -2.40. The second-order valence-corrected chi connectivity index (χ2v) is 6.73. The van der Waals surface area contributed by atoms with E-state index < -0.39 is 15.9 Å². The fourth-order valence-electron chi connectivity index (χ4n) is 1.68. The van der Waals surface area contributed by atoms with Crippen molar-refractivity contribution in [1.29, 1.82) is 5.26 Å². The van der Waals surface area contributed by atoms with Crippen molar-refractivity contribution in [3.63, 3.8) is 0 Å². The predicted octanol–water partition coefficient (Wildman–Crippen LogP) is 0.690. The molecule has 0 spiro atoms. The van der Waals surface area contributed by atoms with Gasteiger partial charge in [0.05, 0.1) is 23.1 Å². The zero-order valence-electron chi connectivity index (χ0n) is 11.4. The van der Waals surface area contributed by atoms with Crippen LogP contribution in [0.15, 0.2) is 29.2 Å². The van der Waals surface area contributed by atoms with E-state index in [2.05, 4.69) is 0 Å². The van der Waals surface area contributed by atoms with Gasteiger partial charge in [0.25, 0.3) is 0 Å². The van der Waals surface area contributed by atoms with Gasteiger partial charge in [-0.15, -0.1) is 0 Å². The van der Waals surface area contributed by atoms with Crippen molar-refractivity contribution in [1.82, 2.24) is 4.31 Å². The average molecular weight is 295 g/mol. The molecule has 1 aromatic carbocycles. The third kappa shape index (κ3) is 4.05. The van der Waals surface area contributed by atoms with Crippen molar-refractivity contribution < 1.29 is 13.2 Å². The molecule has 0 atom stereocenters. The van der Waals surface area contributed by atoms with Crippen molar-refractivity contribution in [3.05, 3.63) is 29.8 Å². The molecule has 0 saturated heterocycles. The van der Waals surface area contributed by atoms with Crippen LogP contribution in [0.25, 0.3) is 0 Å². The Morgan fingerprint density at radius 1 is 1.35 bits per heavy atom. The summed E-state index contributed by atoms with van der Waals surface area (Å²) in [6.07, 6.45) is 0. The van der Waals surface area contributed by atoms with E-state index in [0.29, 0.717) is 5.56 Å². The fourth-order valence-corrected chi connectivity index (χ4v) is 3.25. The van der Waals surface area contributed by atoms with Gasteiger partial charge in [-0.25, -0.2) is 8.42 Å². The summed E-state index contributed by atoms with van der Waals surface area (Å²) in [6, 6.07) is 7.46. The second kappa shape index (κ2) is 6.50. The number of amides is 1. The first-order chi connectivity index (χ1) is 9.27. The molecule has 0 aliphatic carbocycles. The standard InChI is InChI=1S/C13H17N3O3S/c1-10(2)8-16(9-13(15)17)20(18,19)12-5-3-11(7-14)4-6-12/h3-6,10H,8-9H2,1-2H3,(H2,15,17). The number of carbonyl (C=O) groups is 1. The Labute approximate surface area is 118 Å². The number of sulfonamides is 1. The topological polar surface area (TPSA) is 104 Å². The molecular weight excluding hydrogens is 278 g/mol. The monoisotopic (exact) mass is 295 g/mol. The lowest BCUT2D eigenvalue weighted by atomic mass is 10.2. The Morgan fingerprint density at radius 2 is 1.90 bits per heavy atom. The van der Waals surface area contributed by atoms with Gasteiger partial charge in [-0.1, -0.05) is 13.8 Å². The van der Waals surface area contributed by atoms with Crippen molar-refractivity contribution in [2.75, 3.05) is 13.1 Å². The SMILES string of the molecule is CC(C)CN(CC(N)=O)S(=O)(=O)c1ccc(C#N)cc1. The third-order valence-electron chi connectivity index (χ3n) is 2.52. The zero-order valence-corrected chi connectivity index (χ0v) is 12.2. The molecule has 0 heterocycles. The van der Waals surface area contributed by atoms with E-state index >= 15 is 0 Å². The normalized spacial score (nSPS) is 11.6. The summed E-state index contributed by atoms with van der Waals surface area (Å²) in [7, 11) is -3.79. The lowest BCUT2D eigenvalue weighted by Gasteiger charge is -2.22. The third-order valence-corrected chi connectivity index (χ3v) is 4.35. The van der Waals surface area contributed by atoms with Gasteiger partial charge in [0.15, 0.2) is 0 Å². The lowest BCUT2D eigenvalue weighted by molar-refractivity contribution is -0.118. The molecule has 2 N–H and O–H groups in total. The largest absolute Gasteiger partial charge is 0.369 e. The van der Waals surface area contributed by atoms with E-state index in [-0.39, 0.29) is 23.9 Å². The summed E-state index contributed by atoms with van der Waals surface area (Å²) in [5, 5.41) is 8.71. The molecule has 0 aliphatic heterocycles. The summed E-state index contributed by atoms with van der Waals surface area (Å²) in [4.78, 5) is 11.1. The number of hydrogen-bond acceptors (Lipinski definition) is 4. The van der Waals surface area contributed by atoms with E-state index in [0.717, 1.165) is 4.31 Å². The molecule has 1 aromatic rings. The molecule has 6 nitrogen and oxygen atoms in total. The number of nitrogens with zero attached hydrogens (tertiary/aromatic N) is 2. The van der Waals surface area contributed by atoms with Crippen molar-refractivity contribution in [2.24, 2.45) is 11.7 Å². The maximum atomic E-state index is 12.4. The number of hydrogen-bond donors (Lipinski definition) is 1. The van der Waals surface area contributed by atoms with Crippen molar-refractivity contribution in [2.45, 2.75) is 18.7 Å². The molecule has 0 bridgehead atoms. The quantitative estimate of drug-likeness (QED) is 0.833. The molecule has 0 radical (unpaired) electrons. The maximum Gasteiger partial charge on any atom is 0.243 e. The highest BCUT2D eigenvalue weighted by molar-refractivity contribution is 7.89. The van der Waals surface area contributed by atoms with Crippen LogP contribution in [0.1, 0.15) is 19.4 Å². The molecule has 20 heavy (non-hydrogen) atoms. The Bertz CT molecular complexity index is 615. The number of primary amides is 1. The smallest absolute Gasteiger partial charge is 0.243 e. The molecule has 0 fully saturated rings. The van der Waals surface area contributed by atoms with Crippen molar-refractivity contribution >= 4 is 15.9 Å². The fraction of sp³-hybridized carbons (Fsp3) is 0.385. The van der Waals surface area contributed by atoms with Crippen LogP contribution in [0.4, 0.5) is 0 Å². The van der Waals surface area contributed by atoms with E-state index in [1.165, 1.54) is 24.3 Å². The number of benzene rings is 1. The minimum absolute atomic E-state index is 0.0402. The highest BCUT2D eigenvalue weighted by Gasteiger charge is 2.26. The molecular formula is C13H17N3O3S.